The number of methoxy groups -OCH3 is 2. The smallest absolute Gasteiger partial charge is 0.266 e. The van der Waals surface area contributed by atoms with Crippen molar-refractivity contribution < 1.29 is 23.8 Å². The number of amides is 2. The molecule has 152 valence electrons. The Morgan fingerprint density at radius 1 is 0.759 bits per heavy atom. The molecule has 0 bridgehead atoms. The zero-order chi connectivity index (χ0) is 20.9. The number of nitrogens with zero attached hydrogens (tertiary/aromatic N) is 2. The monoisotopic (exact) mass is 398 g/mol. The third kappa shape index (κ3) is 8.22. The van der Waals surface area contributed by atoms with Gasteiger partial charge < -0.3 is 14.2 Å². The molecule has 0 aliphatic rings. The van der Waals surface area contributed by atoms with E-state index in [0.29, 0.717) is 0 Å². The lowest BCUT2D eigenvalue weighted by Crippen LogP contribution is -2.28. The summed E-state index contributed by atoms with van der Waals surface area (Å²) < 4.78 is 15.1. The average Bonchev–Trinajstić information content (AvgIpc) is 2.75. The molecule has 0 aliphatic carbocycles. The number of hydrazone groups is 2. The molecule has 0 aliphatic heterocycles. The lowest BCUT2D eigenvalue weighted by molar-refractivity contribution is -0.130. The summed E-state index contributed by atoms with van der Waals surface area (Å²) in [7, 11) is 3.16. The summed E-state index contributed by atoms with van der Waals surface area (Å²) in [4.78, 5) is 23.3. The Morgan fingerprint density at radius 2 is 1.14 bits per heavy atom. The fraction of sp³-hybridized carbons (Fsp3) is 0.200. The third-order valence-corrected chi connectivity index (χ3v) is 3.50. The van der Waals surface area contributed by atoms with Crippen LogP contribution >= 0.6 is 0 Å². The van der Waals surface area contributed by atoms with Crippen LogP contribution in [0.25, 0.3) is 0 Å². The van der Waals surface area contributed by atoms with E-state index in [1.807, 2.05) is 0 Å². The van der Waals surface area contributed by atoms with Gasteiger partial charge in [0.05, 0.1) is 26.6 Å². The lowest BCUT2D eigenvalue weighted by atomic mass is 10.2. The summed E-state index contributed by atoms with van der Waals surface area (Å²) in [5.41, 5.74) is 6.21. The molecule has 29 heavy (non-hydrogen) atoms. The van der Waals surface area contributed by atoms with Gasteiger partial charge in [-0.2, -0.15) is 10.2 Å². The van der Waals surface area contributed by atoms with Gasteiger partial charge in [-0.15, -0.1) is 0 Å². The topological polar surface area (TPSA) is 111 Å². The van der Waals surface area contributed by atoms with Crippen molar-refractivity contribution >= 4 is 24.2 Å². The van der Waals surface area contributed by atoms with E-state index in [2.05, 4.69) is 21.1 Å². The number of hydrogen-bond donors (Lipinski definition) is 2. The van der Waals surface area contributed by atoms with E-state index in [4.69, 9.17) is 14.2 Å². The summed E-state index contributed by atoms with van der Waals surface area (Å²) in [5, 5.41) is 7.62. The highest BCUT2D eigenvalue weighted by Gasteiger charge is 2.03. The fourth-order valence-corrected chi connectivity index (χ4v) is 2.04. The van der Waals surface area contributed by atoms with E-state index in [0.717, 1.165) is 22.6 Å². The first kappa shape index (κ1) is 21.6. The Morgan fingerprint density at radius 3 is 1.48 bits per heavy atom. The van der Waals surface area contributed by atoms with Crippen LogP contribution in [0.15, 0.2) is 58.7 Å². The third-order valence-electron chi connectivity index (χ3n) is 3.50. The van der Waals surface area contributed by atoms with Crippen LogP contribution in [0, 0.1) is 0 Å². The molecule has 0 saturated carbocycles. The predicted octanol–water partition coefficient (Wildman–Crippen LogP) is 1.32. The van der Waals surface area contributed by atoms with Gasteiger partial charge in [0.1, 0.15) is 24.7 Å². The van der Waals surface area contributed by atoms with Crippen molar-refractivity contribution in [3.8, 4) is 11.5 Å². The van der Waals surface area contributed by atoms with E-state index < -0.39 is 11.8 Å². The van der Waals surface area contributed by atoms with Gasteiger partial charge in [-0.25, -0.2) is 10.9 Å². The van der Waals surface area contributed by atoms with Crippen LogP contribution in [0.1, 0.15) is 11.1 Å². The molecule has 9 heteroatoms. The number of rotatable bonds is 10. The van der Waals surface area contributed by atoms with Crippen LogP contribution in [-0.2, 0) is 14.3 Å². The van der Waals surface area contributed by atoms with Crippen molar-refractivity contribution in [1.29, 1.82) is 0 Å². The maximum atomic E-state index is 11.6. The van der Waals surface area contributed by atoms with Crippen molar-refractivity contribution in [3.05, 3.63) is 59.7 Å². The largest absolute Gasteiger partial charge is 0.497 e. The molecule has 0 atom stereocenters. The quantitative estimate of drug-likeness (QED) is 0.463. The van der Waals surface area contributed by atoms with Crippen LogP contribution in [0.5, 0.6) is 11.5 Å². The van der Waals surface area contributed by atoms with Gasteiger partial charge >= 0.3 is 0 Å². The minimum Gasteiger partial charge on any atom is -0.497 e. The van der Waals surface area contributed by atoms with Crippen LogP contribution in [0.4, 0.5) is 0 Å². The molecule has 9 nitrogen and oxygen atoms in total. The average molecular weight is 398 g/mol. The van der Waals surface area contributed by atoms with Gasteiger partial charge in [0, 0.05) is 0 Å². The Kier molecular flexibility index (Phi) is 8.84. The maximum Gasteiger partial charge on any atom is 0.266 e. The summed E-state index contributed by atoms with van der Waals surface area (Å²) >= 11 is 0. The highest BCUT2D eigenvalue weighted by Crippen LogP contribution is 2.10. The molecule has 0 aromatic heterocycles. The molecule has 2 N–H and O–H groups in total. The number of benzene rings is 2. The number of hydrogen-bond acceptors (Lipinski definition) is 7. The molecular weight excluding hydrogens is 376 g/mol. The van der Waals surface area contributed by atoms with E-state index in [1.165, 1.54) is 12.4 Å². The van der Waals surface area contributed by atoms with Gasteiger partial charge in [0.25, 0.3) is 11.8 Å². The Hall–Kier alpha value is -3.72. The first-order valence-electron chi connectivity index (χ1n) is 8.60. The standard InChI is InChI=1S/C20H22N4O5/c1-27-17-7-3-15(4-8-17)11-21-23-19(25)13-29-14-20(26)24-22-12-16-5-9-18(28-2)10-6-16/h3-12H,13-14H2,1-2H3,(H,23,25)(H,24,26)/b21-11-,22-12+. The molecule has 0 spiro atoms. The first-order chi connectivity index (χ1) is 14.1. The molecule has 0 unspecified atom stereocenters. The second kappa shape index (κ2) is 11.9. The zero-order valence-corrected chi connectivity index (χ0v) is 16.1. The zero-order valence-electron chi connectivity index (χ0n) is 16.1. The summed E-state index contributed by atoms with van der Waals surface area (Å²) in [5.74, 6) is 0.492. The van der Waals surface area contributed by atoms with Gasteiger partial charge in [-0.1, -0.05) is 0 Å². The predicted molar refractivity (Wildman–Crippen MR) is 108 cm³/mol. The van der Waals surface area contributed by atoms with Crippen molar-refractivity contribution in [2.24, 2.45) is 10.2 Å². The second-order valence-corrected chi connectivity index (χ2v) is 5.63. The number of nitrogens with one attached hydrogen (secondary N) is 2. The van der Waals surface area contributed by atoms with E-state index >= 15 is 0 Å². The minimum absolute atomic E-state index is 0.310. The molecule has 0 saturated heterocycles. The number of ether oxygens (including phenoxy) is 3. The van der Waals surface area contributed by atoms with Crippen LogP contribution in [0.2, 0.25) is 0 Å². The van der Waals surface area contributed by atoms with E-state index in [9.17, 15) is 9.59 Å². The molecule has 0 fully saturated rings. The molecule has 0 heterocycles. The van der Waals surface area contributed by atoms with Gasteiger partial charge in [-0.3, -0.25) is 9.59 Å². The number of carbonyl (C=O) groups is 2. The van der Waals surface area contributed by atoms with Crippen molar-refractivity contribution in [3.63, 3.8) is 0 Å². The highest BCUT2D eigenvalue weighted by molar-refractivity contribution is 5.84. The van der Waals surface area contributed by atoms with Crippen molar-refractivity contribution in [1.82, 2.24) is 10.9 Å². The van der Waals surface area contributed by atoms with Crippen LogP contribution in [-0.4, -0.2) is 51.7 Å². The van der Waals surface area contributed by atoms with Crippen LogP contribution in [0.3, 0.4) is 0 Å². The SMILES string of the molecule is COc1ccc(/C=N\NC(=O)COCC(=O)N/N=C/c2ccc(OC)cc2)cc1. The summed E-state index contributed by atoms with van der Waals surface area (Å²) in [6.07, 6.45) is 2.97. The van der Waals surface area contributed by atoms with Gasteiger partial charge in [-0.05, 0) is 59.7 Å². The Balaban J connectivity index is 1.62. The molecule has 2 amide bonds. The van der Waals surface area contributed by atoms with E-state index in [-0.39, 0.29) is 13.2 Å². The lowest BCUT2D eigenvalue weighted by Gasteiger charge is -2.03. The van der Waals surface area contributed by atoms with Gasteiger partial charge in [0.15, 0.2) is 0 Å². The molecule has 2 aromatic rings. The molecular formula is C20H22N4O5. The maximum absolute atomic E-state index is 11.6. The summed E-state index contributed by atoms with van der Waals surface area (Å²) in [6.45, 7) is -0.620. The number of carbonyl (C=O) groups excluding carboxylic acids is 2. The second-order valence-electron chi connectivity index (χ2n) is 5.63. The Labute approximate surface area is 168 Å². The fourth-order valence-electron chi connectivity index (χ4n) is 2.04. The molecule has 2 aromatic carbocycles. The van der Waals surface area contributed by atoms with E-state index in [1.54, 1.807) is 62.8 Å². The van der Waals surface area contributed by atoms with Crippen molar-refractivity contribution in [2.45, 2.75) is 0 Å². The molecule has 2 rings (SSSR count). The highest BCUT2D eigenvalue weighted by atomic mass is 16.5. The van der Waals surface area contributed by atoms with Crippen LogP contribution < -0.4 is 20.3 Å². The summed E-state index contributed by atoms with van der Waals surface area (Å²) in [6, 6.07) is 14.3. The first-order valence-corrected chi connectivity index (χ1v) is 8.60. The minimum atomic E-state index is -0.482. The normalized spacial score (nSPS) is 10.8. The molecule has 0 radical (unpaired) electrons. The Bertz CT molecular complexity index is 777. The van der Waals surface area contributed by atoms with Crippen molar-refractivity contribution in [2.75, 3.05) is 27.4 Å². The van der Waals surface area contributed by atoms with Gasteiger partial charge in [0.2, 0.25) is 0 Å².